The summed E-state index contributed by atoms with van der Waals surface area (Å²) in [4.78, 5) is 11.9. The quantitative estimate of drug-likeness (QED) is 0.602. The van der Waals surface area contributed by atoms with Gasteiger partial charge in [0.25, 0.3) is 0 Å². The standard InChI is InChI=1S/C19H20O4/c1-3-11-22-19(20)18-17(23-18)14-9-10-16(21-2)15(12-14)13-7-5-4-6-8-13/h4-10,12,17-18H,3,11H2,1-2H3. The van der Waals surface area contributed by atoms with Gasteiger partial charge < -0.3 is 14.2 Å². The predicted octanol–water partition coefficient (Wildman–Crippen LogP) is 3.76. The second-order valence-corrected chi connectivity index (χ2v) is 5.47. The average Bonchev–Trinajstić information content (AvgIpc) is 3.40. The molecular formula is C19H20O4. The van der Waals surface area contributed by atoms with Crippen molar-refractivity contribution in [1.29, 1.82) is 0 Å². The predicted molar refractivity (Wildman–Crippen MR) is 87.3 cm³/mol. The fraction of sp³-hybridized carbons (Fsp3) is 0.316. The van der Waals surface area contributed by atoms with Gasteiger partial charge in [0.05, 0.1) is 13.7 Å². The van der Waals surface area contributed by atoms with Crippen LogP contribution in [-0.2, 0) is 14.3 Å². The number of epoxide rings is 1. The van der Waals surface area contributed by atoms with Gasteiger partial charge in [-0.3, -0.25) is 0 Å². The van der Waals surface area contributed by atoms with Crippen molar-refractivity contribution in [3.8, 4) is 16.9 Å². The number of rotatable bonds is 6. The van der Waals surface area contributed by atoms with E-state index in [0.29, 0.717) is 6.61 Å². The van der Waals surface area contributed by atoms with E-state index in [1.165, 1.54) is 0 Å². The number of esters is 1. The highest BCUT2D eigenvalue weighted by Crippen LogP contribution is 2.42. The Hall–Kier alpha value is -2.33. The maximum Gasteiger partial charge on any atom is 0.338 e. The molecule has 0 amide bonds. The number of ether oxygens (including phenoxy) is 3. The van der Waals surface area contributed by atoms with E-state index in [4.69, 9.17) is 14.2 Å². The van der Waals surface area contributed by atoms with Crippen LogP contribution >= 0.6 is 0 Å². The molecule has 1 aliphatic rings. The largest absolute Gasteiger partial charge is 0.496 e. The second kappa shape index (κ2) is 6.84. The highest BCUT2D eigenvalue weighted by molar-refractivity contribution is 5.79. The second-order valence-electron chi connectivity index (χ2n) is 5.47. The van der Waals surface area contributed by atoms with Crippen molar-refractivity contribution in [3.05, 3.63) is 54.1 Å². The number of carbonyl (C=O) groups is 1. The summed E-state index contributed by atoms with van der Waals surface area (Å²) in [5.41, 5.74) is 3.02. The van der Waals surface area contributed by atoms with Crippen LogP contribution in [0, 0.1) is 0 Å². The molecule has 3 rings (SSSR count). The van der Waals surface area contributed by atoms with E-state index >= 15 is 0 Å². The Labute approximate surface area is 136 Å². The van der Waals surface area contributed by atoms with Crippen molar-refractivity contribution in [2.45, 2.75) is 25.6 Å². The minimum atomic E-state index is -0.487. The lowest BCUT2D eigenvalue weighted by Crippen LogP contribution is -2.12. The maximum absolute atomic E-state index is 11.9. The first-order chi connectivity index (χ1) is 11.2. The molecule has 0 spiro atoms. The van der Waals surface area contributed by atoms with E-state index in [1.54, 1.807) is 7.11 Å². The van der Waals surface area contributed by atoms with Crippen LogP contribution in [0.1, 0.15) is 25.0 Å². The summed E-state index contributed by atoms with van der Waals surface area (Å²) in [5, 5.41) is 0. The van der Waals surface area contributed by atoms with Crippen LogP contribution in [0.25, 0.3) is 11.1 Å². The number of hydrogen-bond donors (Lipinski definition) is 0. The highest BCUT2D eigenvalue weighted by Gasteiger charge is 2.47. The molecule has 0 N–H and O–H groups in total. The van der Waals surface area contributed by atoms with Gasteiger partial charge in [-0.15, -0.1) is 0 Å². The Kier molecular flexibility index (Phi) is 4.63. The SMILES string of the molecule is CCCOC(=O)C1OC1c1ccc(OC)c(-c2ccccc2)c1. The molecule has 0 aliphatic carbocycles. The Morgan fingerprint density at radius 3 is 2.65 bits per heavy atom. The summed E-state index contributed by atoms with van der Waals surface area (Å²) in [6.07, 6.45) is 0.0929. The molecule has 2 aromatic carbocycles. The lowest BCUT2D eigenvalue weighted by atomic mass is 10.00. The molecule has 0 saturated carbocycles. The Morgan fingerprint density at radius 1 is 1.17 bits per heavy atom. The van der Waals surface area contributed by atoms with Crippen molar-refractivity contribution in [1.82, 2.24) is 0 Å². The maximum atomic E-state index is 11.9. The van der Waals surface area contributed by atoms with Gasteiger partial charge in [0.15, 0.2) is 6.10 Å². The van der Waals surface area contributed by atoms with Crippen LogP contribution in [0.4, 0.5) is 0 Å². The molecule has 1 aliphatic heterocycles. The van der Waals surface area contributed by atoms with Crippen molar-refractivity contribution in [3.63, 3.8) is 0 Å². The average molecular weight is 312 g/mol. The third-order valence-electron chi connectivity index (χ3n) is 3.81. The smallest absolute Gasteiger partial charge is 0.338 e. The van der Waals surface area contributed by atoms with E-state index in [0.717, 1.165) is 28.9 Å². The molecule has 0 aromatic heterocycles. The fourth-order valence-corrected chi connectivity index (χ4v) is 2.58. The third kappa shape index (κ3) is 3.37. The van der Waals surface area contributed by atoms with E-state index in [2.05, 4.69) is 0 Å². The summed E-state index contributed by atoms with van der Waals surface area (Å²) in [5.74, 6) is 0.514. The summed E-state index contributed by atoms with van der Waals surface area (Å²) in [6.45, 7) is 2.40. The zero-order chi connectivity index (χ0) is 16.2. The molecule has 2 unspecified atom stereocenters. The Bertz CT molecular complexity index is 681. The van der Waals surface area contributed by atoms with Gasteiger partial charge >= 0.3 is 5.97 Å². The summed E-state index contributed by atoms with van der Waals surface area (Å²) in [7, 11) is 1.65. The molecular weight excluding hydrogens is 292 g/mol. The Balaban J connectivity index is 1.82. The van der Waals surface area contributed by atoms with Gasteiger partial charge in [-0.2, -0.15) is 0 Å². The molecule has 0 bridgehead atoms. The van der Waals surface area contributed by atoms with Crippen LogP contribution in [-0.4, -0.2) is 25.8 Å². The molecule has 2 atom stereocenters. The van der Waals surface area contributed by atoms with Gasteiger partial charge in [0.1, 0.15) is 11.9 Å². The normalized spacial score (nSPS) is 19.2. The van der Waals surface area contributed by atoms with Gasteiger partial charge in [0, 0.05) is 5.56 Å². The van der Waals surface area contributed by atoms with Crippen molar-refractivity contribution in [2.24, 2.45) is 0 Å². The van der Waals surface area contributed by atoms with Gasteiger partial charge in [-0.25, -0.2) is 4.79 Å². The summed E-state index contributed by atoms with van der Waals surface area (Å²) >= 11 is 0. The van der Waals surface area contributed by atoms with Crippen LogP contribution in [0.5, 0.6) is 5.75 Å². The molecule has 4 heteroatoms. The van der Waals surface area contributed by atoms with E-state index in [9.17, 15) is 4.79 Å². The first-order valence-electron chi connectivity index (χ1n) is 7.80. The van der Waals surface area contributed by atoms with E-state index in [1.807, 2.05) is 55.5 Å². The lowest BCUT2D eigenvalue weighted by Gasteiger charge is -2.10. The monoisotopic (exact) mass is 312 g/mol. The van der Waals surface area contributed by atoms with Crippen LogP contribution in [0.15, 0.2) is 48.5 Å². The summed E-state index contributed by atoms with van der Waals surface area (Å²) < 4.78 is 16.1. The minimum absolute atomic E-state index is 0.229. The molecule has 1 fully saturated rings. The van der Waals surface area contributed by atoms with Gasteiger partial charge in [-0.1, -0.05) is 43.3 Å². The number of methoxy groups -OCH3 is 1. The van der Waals surface area contributed by atoms with Crippen LogP contribution in [0.2, 0.25) is 0 Å². The van der Waals surface area contributed by atoms with Crippen LogP contribution < -0.4 is 4.74 Å². The number of hydrogen-bond acceptors (Lipinski definition) is 4. The molecule has 23 heavy (non-hydrogen) atoms. The third-order valence-corrected chi connectivity index (χ3v) is 3.81. The van der Waals surface area contributed by atoms with E-state index < -0.39 is 6.10 Å². The van der Waals surface area contributed by atoms with Crippen molar-refractivity contribution < 1.29 is 19.0 Å². The molecule has 0 radical (unpaired) electrons. The number of benzene rings is 2. The van der Waals surface area contributed by atoms with Crippen molar-refractivity contribution >= 4 is 5.97 Å². The molecule has 1 saturated heterocycles. The Morgan fingerprint density at radius 2 is 1.96 bits per heavy atom. The minimum Gasteiger partial charge on any atom is -0.496 e. The van der Waals surface area contributed by atoms with Crippen molar-refractivity contribution in [2.75, 3.05) is 13.7 Å². The first-order valence-corrected chi connectivity index (χ1v) is 7.80. The molecule has 120 valence electrons. The van der Waals surface area contributed by atoms with Gasteiger partial charge in [0.2, 0.25) is 0 Å². The zero-order valence-electron chi connectivity index (χ0n) is 13.3. The number of carbonyl (C=O) groups excluding carboxylic acids is 1. The van der Waals surface area contributed by atoms with Crippen LogP contribution in [0.3, 0.4) is 0 Å². The van der Waals surface area contributed by atoms with E-state index in [-0.39, 0.29) is 12.1 Å². The lowest BCUT2D eigenvalue weighted by molar-refractivity contribution is -0.145. The zero-order valence-corrected chi connectivity index (χ0v) is 13.3. The topological polar surface area (TPSA) is 48.1 Å². The van der Waals surface area contributed by atoms with Gasteiger partial charge in [-0.05, 0) is 29.7 Å². The molecule has 1 heterocycles. The fourth-order valence-electron chi connectivity index (χ4n) is 2.58. The first kappa shape index (κ1) is 15.6. The summed E-state index contributed by atoms with van der Waals surface area (Å²) in [6, 6.07) is 15.9. The highest BCUT2D eigenvalue weighted by atomic mass is 16.6. The molecule has 4 nitrogen and oxygen atoms in total. The molecule has 2 aromatic rings.